The second-order valence-corrected chi connectivity index (χ2v) is 5.07. The lowest BCUT2D eigenvalue weighted by molar-refractivity contribution is 0.0696. The molecule has 0 bridgehead atoms. The smallest absolute Gasteiger partial charge is 0.335 e. The standard InChI is InChI=1S/C15H17N3O3/c1-9(2)12-8-13(18(3)17-12)14(19)16-11-6-4-5-10(7-11)15(20)21/h4-9H,1-3H3,(H,16,19)(H,20,21). The van der Waals surface area contributed by atoms with Crippen molar-refractivity contribution in [1.29, 1.82) is 0 Å². The van der Waals surface area contributed by atoms with Crippen LogP contribution in [0.5, 0.6) is 0 Å². The van der Waals surface area contributed by atoms with E-state index in [4.69, 9.17) is 5.11 Å². The molecule has 21 heavy (non-hydrogen) atoms. The molecule has 2 rings (SSSR count). The number of amides is 1. The first-order valence-corrected chi connectivity index (χ1v) is 6.57. The van der Waals surface area contributed by atoms with Gasteiger partial charge in [-0.3, -0.25) is 9.48 Å². The highest BCUT2D eigenvalue weighted by atomic mass is 16.4. The van der Waals surface area contributed by atoms with Gasteiger partial charge < -0.3 is 10.4 Å². The third kappa shape index (κ3) is 3.28. The number of aromatic nitrogens is 2. The molecule has 0 fully saturated rings. The molecule has 2 aromatic rings. The van der Waals surface area contributed by atoms with Crippen molar-refractivity contribution < 1.29 is 14.7 Å². The van der Waals surface area contributed by atoms with Gasteiger partial charge >= 0.3 is 5.97 Å². The van der Waals surface area contributed by atoms with E-state index in [0.29, 0.717) is 11.4 Å². The van der Waals surface area contributed by atoms with Crippen LogP contribution in [0, 0.1) is 0 Å². The van der Waals surface area contributed by atoms with Crippen LogP contribution in [0.2, 0.25) is 0 Å². The Morgan fingerprint density at radius 2 is 2.00 bits per heavy atom. The zero-order chi connectivity index (χ0) is 15.6. The Labute approximate surface area is 122 Å². The molecule has 0 saturated heterocycles. The lowest BCUT2D eigenvalue weighted by Gasteiger charge is -2.06. The Kier molecular flexibility index (Phi) is 4.07. The fourth-order valence-electron chi connectivity index (χ4n) is 1.91. The number of benzene rings is 1. The van der Waals surface area contributed by atoms with Gasteiger partial charge in [0.1, 0.15) is 5.69 Å². The minimum atomic E-state index is -1.03. The van der Waals surface area contributed by atoms with Gasteiger partial charge in [-0.25, -0.2) is 4.79 Å². The maximum absolute atomic E-state index is 12.2. The van der Waals surface area contributed by atoms with Crippen molar-refractivity contribution >= 4 is 17.6 Å². The number of aryl methyl sites for hydroxylation is 1. The summed E-state index contributed by atoms with van der Waals surface area (Å²) in [5, 5.41) is 15.9. The molecule has 0 unspecified atom stereocenters. The maximum atomic E-state index is 12.2. The first-order valence-electron chi connectivity index (χ1n) is 6.57. The molecule has 0 aliphatic carbocycles. The molecular formula is C15H17N3O3. The number of hydrogen-bond donors (Lipinski definition) is 2. The number of carbonyl (C=O) groups excluding carboxylic acids is 1. The van der Waals surface area contributed by atoms with Gasteiger partial charge in [-0.05, 0) is 30.2 Å². The third-order valence-electron chi connectivity index (χ3n) is 3.09. The number of nitrogens with zero attached hydrogens (tertiary/aromatic N) is 2. The van der Waals surface area contributed by atoms with Gasteiger partial charge in [-0.1, -0.05) is 19.9 Å². The van der Waals surface area contributed by atoms with E-state index in [-0.39, 0.29) is 17.4 Å². The second-order valence-electron chi connectivity index (χ2n) is 5.07. The van der Waals surface area contributed by atoms with Gasteiger partial charge in [-0.2, -0.15) is 5.10 Å². The number of carboxylic acid groups (broad SMARTS) is 1. The highest BCUT2D eigenvalue weighted by Crippen LogP contribution is 2.16. The van der Waals surface area contributed by atoms with E-state index >= 15 is 0 Å². The molecule has 6 heteroatoms. The van der Waals surface area contributed by atoms with Crippen LogP contribution in [0.15, 0.2) is 30.3 Å². The van der Waals surface area contributed by atoms with E-state index in [9.17, 15) is 9.59 Å². The summed E-state index contributed by atoms with van der Waals surface area (Å²) in [7, 11) is 1.70. The monoisotopic (exact) mass is 287 g/mol. The molecular weight excluding hydrogens is 270 g/mol. The summed E-state index contributed by atoms with van der Waals surface area (Å²) in [4.78, 5) is 23.1. The number of hydrogen-bond acceptors (Lipinski definition) is 3. The molecule has 1 aromatic carbocycles. The first kappa shape index (κ1) is 14.8. The van der Waals surface area contributed by atoms with Crippen molar-refractivity contribution in [2.45, 2.75) is 19.8 Å². The van der Waals surface area contributed by atoms with Crippen LogP contribution in [-0.2, 0) is 7.05 Å². The van der Waals surface area contributed by atoms with Gasteiger partial charge in [0.05, 0.1) is 11.3 Å². The summed E-state index contributed by atoms with van der Waals surface area (Å²) in [6, 6.07) is 7.85. The van der Waals surface area contributed by atoms with E-state index in [0.717, 1.165) is 5.69 Å². The van der Waals surface area contributed by atoms with Crippen LogP contribution in [0.3, 0.4) is 0 Å². The summed E-state index contributed by atoms with van der Waals surface area (Å²) in [5.41, 5.74) is 1.83. The molecule has 1 amide bonds. The lowest BCUT2D eigenvalue weighted by Crippen LogP contribution is -2.16. The number of carboxylic acids is 1. The van der Waals surface area contributed by atoms with Gasteiger partial charge in [0, 0.05) is 12.7 Å². The minimum Gasteiger partial charge on any atom is -0.478 e. The number of anilines is 1. The van der Waals surface area contributed by atoms with Crippen LogP contribution in [-0.4, -0.2) is 26.8 Å². The largest absolute Gasteiger partial charge is 0.478 e. The SMILES string of the molecule is CC(C)c1cc(C(=O)Nc2cccc(C(=O)O)c2)n(C)n1. The molecule has 0 spiro atoms. The maximum Gasteiger partial charge on any atom is 0.335 e. The Hall–Kier alpha value is -2.63. The van der Waals surface area contributed by atoms with Crippen LogP contribution >= 0.6 is 0 Å². The number of carbonyl (C=O) groups is 2. The van der Waals surface area contributed by atoms with E-state index < -0.39 is 5.97 Å². The van der Waals surface area contributed by atoms with Crippen LogP contribution in [0.4, 0.5) is 5.69 Å². The molecule has 0 aliphatic rings. The van der Waals surface area contributed by atoms with Gasteiger partial charge in [0.25, 0.3) is 5.91 Å². The van der Waals surface area contributed by atoms with Crippen molar-refractivity contribution in [3.05, 3.63) is 47.3 Å². The second kappa shape index (κ2) is 5.78. The Bertz CT molecular complexity index is 689. The number of nitrogens with one attached hydrogen (secondary N) is 1. The first-order chi connectivity index (χ1) is 9.88. The summed E-state index contributed by atoms with van der Waals surface area (Å²) in [6.07, 6.45) is 0. The zero-order valence-electron chi connectivity index (χ0n) is 12.1. The molecule has 2 N–H and O–H groups in total. The Morgan fingerprint density at radius 3 is 2.57 bits per heavy atom. The van der Waals surface area contributed by atoms with Crippen molar-refractivity contribution in [2.75, 3.05) is 5.32 Å². The lowest BCUT2D eigenvalue weighted by atomic mass is 10.1. The molecule has 0 atom stereocenters. The van der Waals surface area contributed by atoms with Crippen molar-refractivity contribution in [3.63, 3.8) is 0 Å². The predicted octanol–water partition coefficient (Wildman–Crippen LogP) is 2.49. The third-order valence-corrected chi connectivity index (χ3v) is 3.09. The average molecular weight is 287 g/mol. The van der Waals surface area contributed by atoms with E-state index in [1.807, 2.05) is 13.8 Å². The van der Waals surface area contributed by atoms with Crippen LogP contribution < -0.4 is 5.32 Å². The van der Waals surface area contributed by atoms with Crippen LogP contribution in [0.1, 0.15) is 46.3 Å². The highest BCUT2D eigenvalue weighted by molar-refractivity contribution is 6.03. The molecule has 1 heterocycles. The summed E-state index contributed by atoms with van der Waals surface area (Å²) >= 11 is 0. The Balaban J connectivity index is 2.22. The molecule has 110 valence electrons. The molecule has 0 radical (unpaired) electrons. The number of aromatic carboxylic acids is 1. The molecule has 0 saturated carbocycles. The molecule has 6 nitrogen and oxygen atoms in total. The summed E-state index contributed by atoms with van der Waals surface area (Å²) < 4.78 is 1.52. The summed E-state index contributed by atoms with van der Waals surface area (Å²) in [6.45, 7) is 4.00. The highest BCUT2D eigenvalue weighted by Gasteiger charge is 2.15. The summed E-state index contributed by atoms with van der Waals surface area (Å²) in [5.74, 6) is -1.12. The van der Waals surface area contributed by atoms with Gasteiger partial charge in [-0.15, -0.1) is 0 Å². The zero-order valence-corrected chi connectivity index (χ0v) is 12.1. The average Bonchev–Trinajstić information content (AvgIpc) is 2.81. The quantitative estimate of drug-likeness (QED) is 0.904. The van der Waals surface area contributed by atoms with Crippen molar-refractivity contribution in [2.24, 2.45) is 7.05 Å². The van der Waals surface area contributed by atoms with Gasteiger partial charge in [0.15, 0.2) is 0 Å². The molecule has 1 aromatic heterocycles. The predicted molar refractivity (Wildman–Crippen MR) is 78.7 cm³/mol. The Morgan fingerprint density at radius 1 is 1.29 bits per heavy atom. The van der Waals surface area contributed by atoms with E-state index in [2.05, 4.69) is 10.4 Å². The van der Waals surface area contributed by atoms with E-state index in [1.165, 1.54) is 16.8 Å². The fourth-order valence-corrected chi connectivity index (χ4v) is 1.91. The topological polar surface area (TPSA) is 84.2 Å². The van der Waals surface area contributed by atoms with Crippen molar-refractivity contribution in [1.82, 2.24) is 9.78 Å². The molecule has 0 aliphatic heterocycles. The van der Waals surface area contributed by atoms with Gasteiger partial charge in [0.2, 0.25) is 0 Å². The van der Waals surface area contributed by atoms with Crippen LogP contribution in [0.25, 0.3) is 0 Å². The number of rotatable bonds is 4. The normalized spacial score (nSPS) is 10.7. The minimum absolute atomic E-state index is 0.126. The van der Waals surface area contributed by atoms with Crippen molar-refractivity contribution in [3.8, 4) is 0 Å². The van der Waals surface area contributed by atoms with E-state index in [1.54, 1.807) is 25.2 Å². The fraction of sp³-hybridized carbons (Fsp3) is 0.267.